The Balaban J connectivity index is 1.25. The summed E-state index contributed by atoms with van der Waals surface area (Å²) in [6.07, 6.45) is 8.14. The van der Waals surface area contributed by atoms with Crippen LogP contribution in [0.5, 0.6) is 0 Å². The molecule has 2 fully saturated rings. The van der Waals surface area contributed by atoms with E-state index in [-0.39, 0.29) is 17.8 Å². The molecule has 1 atom stereocenters. The number of anilines is 3. The predicted octanol–water partition coefficient (Wildman–Crippen LogP) is 3.82. The van der Waals surface area contributed by atoms with Crippen LogP contribution >= 0.6 is 0 Å². The Hall–Kier alpha value is -3.00. The molecule has 1 aliphatic carbocycles. The summed E-state index contributed by atoms with van der Waals surface area (Å²) < 4.78 is 14.4. The van der Waals surface area contributed by atoms with E-state index in [0.29, 0.717) is 19.0 Å². The van der Waals surface area contributed by atoms with Crippen LogP contribution < -0.4 is 10.6 Å². The zero-order valence-corrected chi connectivity index (χ0v) is 18.2. The quantitative estimate of drug-likeness (QED) is 0.671. The maximum Gasteiger partial charge on any atom is 0.246 e. The summed E-state index contributed by atoms with van der Waals surface area (Å²) in [5.41, 5.74) is 3.61. The lowest BCUT2D eigenvalue weighted by molar-refractivity contribution is -0.127. The average Bonchev–Trinajstić information content (AvgIpc) is 3.17. The first-order chi connectivity index (χ1) is 15.6. The minimum atomic E-state index is -0.507. The molecule has 3 aliphatic rings. The van der Waals surface area contributed by atoms with Crippen LogP contribution in [-0.2, 0) is 17.9 Å². The monoisotopic (exact) mass is 436 g/mol. The third-order valence-electron chi connectivity index (χ3n) is 6.79. The van der Waals surface area contributed by atoms with Crippen molar-refractivity contribution in [2.45, 2.75) is 57.3 Å². The number of likely N-dealkylation sites (tertiary alicyclic amines) is 1. The molecule has 2 N–H and O–H groups in total. The number of benzene rings is 1. The summed E-state index contributed by atoms with van der Waals surface area (Å²) in [5.74, 6) is -0.113. The van der Waals surface area contributed by atoms with Gasteiger partial charge in [-0.1, -0.05) is 19.1 Å². The highest BCUT2D eigenvalue weighted by Gasteiger charge is 2.29. The second-order valence-electron chi connectivity index (χ2n) is 8.96. The van der Waals surface area contributed by atoms with Crippen LogP contribution in [0, 0.1) is 5.82 Å². The van der Waals surface area contributed by atoms with Crippen molar-refractivity contribution in [2.75, 3.05) is 23.7 Å². The van der Waals surface area contributed by atoms with Crippen molar-refractivity contribution in [3.05, 3.63) is 54.0 Å². The summed E-state index contributed by atoms with van der Waals surface area (Å²) in [4.78, 5) is 24.7. The van der Waals surface area contributed by atoms with Gasteiger partial charge in [-0.25, -0.2) is 9.37 Å². The van der Waals surface area contributed by atoms with E-state index in [4.69, 9.17) is 0 Å². The number of carbonyl (C=O) groups excluding carboxylic acids is 1. The average molecular weight is 437 g/mol. The molecule has 168 valence electrons. The van der Waals surface area contributed by atoms with Gasteiger partial charge in [0.1, 0.15) is 0 Å². The van der Waals surface area contributed by atoms with Crippen molar-refractivity contribution in [1.29, 1.82) is 0 Å². The van der Waals surface area contributed by atoms with E-state index in [9.17, 15) is 9.18 Å². The highest BCUT2D eigenvalue weighted by atomic mass is 19.1. The predicted molar refractivity (Wildman–Crippen MR) is 122 cm³/mol. The van der Waals surface area contributed by atoms with Crippen LogP contribution in [0.1, 0.15) is 43.2 Å². The van der Waals surface area contributed by atoms with E-state index < -0.39 is 5.82 Å². The summed E-state index contributed by atoms with van der Waals surface area (Å²) >= 11 is 0. The first-order valence-corrected chi connectivity index (χ1v) is 11.4. The summed E-state index contributed by atoms with van der Waals surface area (Å²) in [6.45, 7) is 6.74. The first-order valence-electron chi connectivity index (χ1n) is 11.4. The van der Waals surface area contributed by atoms with Gasteiger partial charge in [-0.3, -0.25) is 9.69 Å². The molecule has 1 aromatic heterocycles. The van der Waals surface area contributed by atoms with Crippen molar-refractivity contribution in [2.24, 2.45) is 0 Å². The molecule has 0 radical (unpaired) electrons. The van der Waals surface area contributed by atoms with Crippen molar-refractivity contribution in [1.82, 2.24) is 19.8 Å². The fraction of sp³-hybridized carbons (Fsp3) is 0.458. The van der Waals surface area contributed by atoms with E-state index in [1.165, 1.54) is 42.7 Å². The minimum Gasteiger partial charge on any atom is -0.363 e. The third kappa shape index (κ3) is 4.32. The van der Waals surface area contributed by atoms with Gasteiger partial charge < -0.3 is 15.5 Å². The molecule has 7 nitrogen and oxygen atoms in total. The molecule has 1 saturated carbocycles. The number of hydrogen-bond donors (Lipinski definition) is 2. The molecular weight excluding hydrogens is 407 g/mol. The molecular formula is C24H29FN6O. The Morgan fingerprint density at radius 3 is 2.81 bits per heavy atom. The van der Waals surface area contributed by atoms with Gasteiger partial charge in [0.05, 0.1) is 6.20 Å². The fourth-order valence-electron chi connectivity index (χ4n) is 4.78. The number of halogens is 1. The number of nitrogens with zero attached hydrogens (tertiary/aromatic N) is 4. The number of aromatic nitrogens is 2. The molecule has 1 aromatic carbocycles. The Morgan fingerprint density at radius 1 is 1.19 bits per heavy atom. The van der Waals surface area contributed by atoms with Crippen LogP contribution in [0.3, 0.4) is 0 Å². The number of piperidine rings is 1. The number of hydrogen-bond acceptors (Lipinski definition) is 6. The largest absolute Gasteiger partial charge is 0.363 e. The molecule has 1 saturated heterocycles. The molecule has 0 unspecified atom stereocenters. The topological polar surface area (TPSA) is 73.4 Å². The van der Waals surface area contributed by atoms with Gasteiger partial charge in [0.25, 0.3) is 0 Å². The molecule has 0 spiro atoms. The second kappa shape index (κ2) is 8.86. The minimum absolute atomic E-state index is 0.0672. The molecule has 2 aliphatic heterocycles. The maximum atomic E-state index is 14.4. The van der Waals surface area contributed by atoms with E-state index >= 15 is 0 Å². The van der Waals surface area contributed by atoms with Gasteiger partial charge in [-0.2, -0.15) is 4.98 Å². The van der Waals surface area contributed by atoms with Gasteiger partial charge in [0.2, 0.25) is 11.9 Å². The van der Waals surface area contributed by atoms with Gasteiger partial charge in [-0.15, -0.1) is 0 Å². The van der Waals surface area contributed by atoms with E-state index in [1.54, 1.807) is 4.90 Å². The van der Waals surface area contributed by atoms with Crippen molar-refractivity contribution >= 4 is 23.4 Å². The Kier molecular flexibility index (Phi) is 5.78. The van der Waals surface area contributed by atoms with E-state index in [2.05, 4.69) is 44.2 Å². The van der Waals surface area contributed by atoms with Crippen LogP contribution in [0.15, 0.2) is 37.1 Å². The van der Waals surface area contributed by atoms with Gasteiger partial charge in [-0.05, 0) is 55.0 Å². The number of amides is 1. The molecule has 3 heterocycles. The van der Waals surface area contributed by atoms with Crippen molar-refractivity contribution in [3.8, 4) is 0 Å². The maximum absolute atomic E-state index is 14.4. The number of fused-ring (bicyclic) bond motifs is 1. The van der Waals surface area contributed by atoms with Crippen molar-refractivity contribution in [3.63, 3.8) is 0 Å². The van der Waals surface area contributed by atoms with Gasteiger partial charge in [0, 0.05) is 44.0 Å². The lowest BCUT2D eigenvalue weighted by Crippen LogP contribution is -2.44. The molecule has 5 rings (SSSR count). The highest BCUT2D eigenvalue weighted by molar-refractivity contribution is 5.87. The van der Waals surface area contributed by atoms with Crippen LogP contribution in [0.4, 0.5) is 21.8 Å². The Labute approximate surface area is 187 Å². The summed E-state index contributed by atoms with van der Waals surface area (Å²) in [5, 5.41) is 6.38. The lowest BCUT2D eigenvalue weighted by Gasteiger charge is -2.34. The summed E-state index contributed by atoms with van der Waals surface area (Å²) in [7, 11) is 0. The molecule has 1 amide bonds. The summed E-state index contributed by atoms with van der Waals surface area (Å²) in [6, 6.07) is 7.00. The normalized spacial score (nSPS) is 21.0. The number of rotatable bonds is 6. The zero-order valence-electron chi connectivity index (χ0n) is 18.2. The molecule has 0 bridgehead atoms. The zero-order chi connectivity index (χ0) is 22.1. The van der Waals surface area contributed by atoms with Gasteiger partial charge >= 0.3 is 0 Å². The molecule has 32 heavy (non-hydrogen) atoms. The van der Waals surface area contributed by atoms with Crippen molar-refractivity contribution < 1.29 is 9.18 Å². The standard InChI is InChI=1S/C24H29FN6O/c1-2-22(32)30-10-4-5-19(15-30)27-23-21(25)12-26-24(29-23)28-18-9-8-16-13-31(14-17(16)11-18)20-6-3-7-20/h2,8-9,11-12,19-20H,1,3-7,10,13-15H2,(H2,26,27,28,29)/t19-/m1/s1. The SMILES string of the molecule is C=CC(=O)N1CCC[C@@H](Nc2nc(Nc3ccc4c(c3)CN(C3CCC3)C4)ncc2F)C1. The Bertz CT molecular complexity index is 1020. The van der Waals surface area contributed by atoms with Crippen LogP contribution in [-0.4, -0.2) is 50.8 Å². The molecule has 2 aromatic rings. The molecule has 8 heteroatoms. The highest BCUT2D eigenvalue weighted by Crippen LogP contribution is 2.34. The smallest absolute Gasteiger partial charge is 0.246 e. The van der Waals surface area contributed by atoms with Crippen LogP contribution in [0.25, 0.3) is 0 Å². The number of nitrogens with one attached hydrogen (secondary N) is 2. The van der Waals surface area contributed by atoms with Crippen LogP contribution in [0.2, 0.25) is 0 Å². The second-order valence-corrected chi connectivity index (χ2v) is 8.96. The number of carbonyl (C=O) groups is 1. The Morgan fingerprint density at radius 2 is 2.03 bits per heavy atom. The third-order valence-corrected chi connectivity index (χ3v) is 6.79. The fourth-order valence-corrected chi connectivity index (χ4v) is 4.78. The van der Waals surface area contributed by atoms with Gasteiger partial charge in [0.15, 0.2) is 11.6 Å². The van der Waals surface area contributed by atoms with E-state index in [1.807, 2.05) is 6.07 Å². The lowest BCUT2D eigenvalue weighted by atomic mass is 9.92. The first kappa shape index (κ1) is 20.9. The van der Waals surface area contributed by atoms with E-state index in [0.717, 1.165) is 37.7 Å².